The van der Waals surface area contributed by atoms with Crippen molar-refractivity contribution in [3.05, 3.63) is 47.9 Å². The normalized spacial score (nSPS) is 14.3. The minimum Gasteiger partial charge on any atom is -0.378 e. The Morgan fingerprint density at radius 3 is 2.79 bits per heavy atom. The number of carbonyl (C=O) groups excluding carboxylic acids is 1. The zero-order valence-corrected chi connectivity index (χ0v) is 13.7. The molecule has 2 aromatic heterocycles. The van der Waals surface area contributed by atoms with Gasteiger partial charge in [-0.15, -0.1) is 0 Å². The van der Waals surface area contributed by atoms with E-state index in [2.05, 4.69) is 25.5 Å². The fraction of sp³-hybridized carbons (Fsp3) is 0.353. The maximum absolute atomic E-state index is 12.0. The lowest BCUT2D eigenvalue weighted by atomic mass is 10.3. The molecule has 2 aromatic rings. The Morgan fingerprint density at radius 1 is 1.25 bits per heavy atom. The van der Waals surface area contributed by atoms with Crippen molar-refractivity contribution in [2.75, 3.05) is 36.5 Å². The first-order chi connectivity index (χ1) is 11.7. The largest absolute Gasteiger partial charge is 0.378 e. The number of morpholine rings is 1. The van der Waals surface area contributed by atoms with E-state index < -0.39 is 0 Å². The number of urea groups is 1. The Morgan fingerprint density at radius 2 is 2.08 bits per heavy atom. The summed E-state index contributed by atoms with van der Waals surface area (Å²) < 4.78 is 5.33. The third kappa shape index (κ3) is 4.42. The molecule has 1 aliphatic heterocycles. The second-order valence-corrected chi connectivity index (χ2v) is 5.58. The molecule has 0 bridgehead atoms. The van der Waals surface area contributed by atoms with Gasteiger partial charge in [0.15, 0.2) is 0 Å². The highest BCUT2D eigenvalue weighted by Gasteiger charge is 2.12. The van der Waals surface area contributed by atoms with Gasteiger partial charge in [-0.2, -0.15) is 0 Å². The van der Waals surface area contributed by atoms with Crippen molar-refractivity contribution >= 4 is 17.5 Å². The first kappa shape index (κ1) is 16.2. The second-order valence-electron chi connectivity index (χ2n) is 5.58. The Hall–Kier alpha value is -2.67. The van der Waals surface area contributed by atoms with Gasteiger partial charge in [0.05, 0.1) is 37.3 Å². The van der Waals surface area contributed by atoms with Crippen LogP contribution < -0.4 is 15.5 Å². The number of pyridine rings is 2. The number of carbonyl (C=O) groups is 1. The predicted molar refractivity (Wildman–Crippen MR) is 92.1 cm³/mol. The molecule has 0 spiro atoms. The maximum atomic E-state index is 12.0. The van der Waals surface area contributed by atoms with Gasteiger partial charge in [0, 0.05) is 18.8 Å². The molecule has 0 saturated carbocycles. The van der Waals surface area contributed by atoms with Crippen LogP contribution in [0.15, 0.2) is 36.5 Å². The topological polar surface area (TPSA) is 79.4 Å². The first-order valence-electron chi connectivity index (χ1n) is 7.97. The van der Waals surface area contributed by atoms with E-state index in [-0.39, 0.29) is 6.03 Å². The minimum absolute atomic E-state index is 0.278. The van der Waals surface area contributed by atoms with Crippen LogP contribution in [0.5, 0.6) is 0 Å². The molecule has 1 aliphatic rings. The molecular weight excluding hydrogens is 306 g/mol. The smallest absolute Gasteiger partial charge is 0.319 e. The quantitative estimate of drug-likeness (QED) is 0.897. The molecule has 24 heavy (non-hydrogen) atoms. The summed E-state index contributed by atoms with van der Waals surface area (Å²) in [6.07, 6.45) is 1.66. The number of anilines is 2. The van der Waals surface area contributed by atoms with Gasteiger partial charge in [-0.3, -0.25) is 4.98 Å². The van der Waals surface area contributed by atoms with Crippen LogP contribution in [0.25, 0.3) is 0 Å². The monoisotopic (exact) mass is 327 g/mol. The highest BCUT2D eigenvalue weighted by Crippen LogP contribution is 2.15. The van der Waals surface area contributed by atoms with E-state index >= 15 is 0 Å². The van der Waals surface area contributed by atoms with E-state index in [4.69, 9.17) is 4.74 Å². The van der Waals surface area contributed by atoms with Gasteiger partial charge in [-0.05, 0) is 31.2 Å². The Labute approximate surface area is 141 Å². The van der Waals surface area contributed by atoms with E-state index in [0.717, 1.165) is 43.5 Å². The van der Waals surface area contributed by atoms with E-state index in [9.17, 15) is 4.79 Å². The summed E-state index contributed by atoms with van der Waals surface area (Å²) in [6, 6.07) is 9.20. The summed E-state index contributed by atoms with van der Waals surface area (Å²) in [7, 11) is 0. The number of ether oxygens (including phenoxy) is 1. The molecule has 2 N–H and O–H groups in total. The molecule has 0 aliphatic carbocycles. The van der Waals surface area contributed by atoms with Crippen LogP contribution in [0, 0.1) is 6.92 Å². The molecule has 7 heteroatoms. The number of rotatable bonds is 4. The summed E-state index contributed by atoms with van der Waals surface area (Å²) in [5, 5.41) is 5.56. The molecule has 0 atom stereocenters. The Bertz CT molecular complexity index is 684. The second kappa shape index (κ2) is 7.74. The number of nitrogens with zero attached hydrogens (tertiary/aromatic N) is 3. The van der Waals surface area contributed by atoms with Crippen molar-refractivity contribution in [3.63, 3.8) is 0 Å². The molecule has 0 radical (unpaired) electrons. The van der Waals surface area contributed by atoms with E-state index in [1.165, 1.54) is 0 Å². The molecule has 1 fully saturated rings. The molecule has 7 nitrogen and oxygen atoms in total. The van der Waals surface area contributed by atoms with E-state index in [0.29, 0.717) is 12.2 Å². The molecular formula is C17H21N5O2. The zero-order chi connectivity index (χ0) is 16.8. The standard InChI is InChI=1S/C17H21N5O2/c1-13-3-2-4-14(20-13)12-19-17(23)21-15-5-6-16(18-11-15)22-7-9-24-10-8-22/h2-6,11H,7-10,12H2,1H3,(H2,19,21,23). The summed E-state index contributed by atoms with van der Waals surface area (Å²) in [5.41, 5.74) is 2.41. The number of hydrogen-bond acceptors (Lipinski definition) is 5. The number of nitrogens with one attached hydrogen (secondary N) is 2. The zero-order valence-electron chi connectivity index (χ0n) is 13.7. The fourth-order valence-electron chi connectivity index (χ4n) is 2.48. The summed E-state index contributed by atoms with van der Waals surface area (Å²) >= 11 is 0. The van der Waals surface area contributed by atoms with Gasteiger partial charge in [0.1, 0.15) is 5.82 Å². The fourth-order valence-corrected chi connectivity index (χ4v) is 2.48. The van der Waals surface area contributed by atoms with Crippen molar-refractivity contribution in [1.29, 1.82) is 0 Å². The average molecular weight is 327 g/mol. The minimum atomic E-state index is -0.278. The van der Waals surface area contributed by atoms with Crippen molar-refractivity contribution in [3.8, 4) is 0 Å². The highest BCUT2D eigenvalue weighted by atomic mass is 16.5. The predicted octanol–water partition coefficient (Wildman–Crippen LogP) is 1.94. The van der Waals surface area contributed by atoms with Crippen molar-refractivity contribution in [2.45, 2.75) is 13.5 Å². The first-order valence-corrected chi connectivity index (χ1v) is 7.97. The van der Waals surface area contributed by atoms with Gasteiger partial charge in [-0.25, -0.2) is 9.78 Å². The number of hydrogen-bond donors (Lipinski definition) is 2. The lowest BCUT2D eigenvalue weighted by Crippen LogP contribution is -2.36. The van der Waals surface area contributed by atoms with E-state index in [1.807, 2.05) is 37.3 Å². The van der Waals surface area contributed by atoms with Crippen LogP contribution in [-0.4, -0.2) is 42.3 Å². The molecule has 3 rings (SSSR count). The van der Waals surface area contributed by atoms with Crippen molar-refractivity contribution < 1.29 is 9.53 Å². The van der Waals surface area contributed by atoms with Crippen molar-refractivity contribution in [2.24, 2.45) is 0 Å². The van der Waals surface area contributed by atoms with Crippen LogP contribution in [0.1, 0.15) is 11.4 Å². The van der Waals surface area contributed by atoms with Gasteiger partial charge in [0.2, 0.25) is 0 Å². The number of aromatic nitrogens is 2. The van der Waals surface area contributed by atoms with Crippen LogP contribution >= 0.6 is 0 Å². The Balaban J connectivity index is 1.50. The molecule has 1 saturated heterocycles. The molecule has 0 aromatic carbocycles. The molecule has 3 heterocycles. The maximum Gasteiger partial charge on any atom is 0.319 e. The van der Waals surface area contributed by atoms with Gasteiger partial charge in [0.25, 0.3) is 0 Å². The van der Waals surface area contributed by atoms with Crippen LogP contribution in [0.3, 0.4) is 0 Å². The number of aryl methyl sites for hydroxylation is 1. The van der Waals surface area contributed by atoms with Gasteiger partial charge >= 0.3 is 6.03 Å². The van der Waals surface area contributed by atoms with Crippen molar-refractivity contribution in [1.82, 2.24) is 15.3 Å². The third-order valence-electron chi connectivity index (χ3n) is 3.72. The van der Waals surface area contributed by atoms with Crippen LogP contribution in [-0.2, 0) is 11.3 Å². The van der Waals surface area contributed by atoms with Gasteiger partial charge in [-0.1, -0.05) is 6.07 Å². The van der Waals surface area contributed by atoms with Gasteiger partial charge < -0.3 is 20.3 Å². The lowest BCUT2D eigenvalue weighted by Gasteiger charge is -2.27. The van der Waals surface area contributed by atoms with Crippen LogP contribution in [0.4, 0.5) is 16.3 Å². The lowest BCUT2D eigenvalue weighted by molar-refractivity contribution is 0.122. The SMILES string of the molecule is Cc1cccc(CNC(=O)Nc2ccc(N3CCOCC3)nc2)n1. The molecule has 0 unspecified atom stereocenters. The molecule has 126 valence electrons. The third-order valence-corrected chi connectivity index (χ3v) is 3.72. The Kier molecular flexibility index (Phi) is 5.22. The summed E-state index contributed by atoms with van der Waals surface area (Å²) in [4.78, 5) is 22.9. The average Bonchev–Trinajstić information content (AvgIpc) is 2.61. The van der Waals surface area contributed by atoms with Crippen LogP contribution in [0.2, 0.25) is 0 Å². The highest BCUT2D eigenvalue weighted by molar-refractivity contribution is 5.89. The summed E-state index contributed by atoms with van der Waals surface area (Å²) in [6.45, 7) is 5.42. The number of amides is 2. The van der Waals surface area contributed by atoms with E-state index in [1.54, 1.807) is 6.20 Å². The summed E-state index contributed by atoms with van der Waals surface area (Å²) in [5.74, 6) is 0.896. The molecule has 2 amide bonds.